The first-order valence-corrected chi connectivity index (χ1v) is 28.4. The lowest BCUT2D eigenvalue weighted by molar-refractivity contribution is -0.373. The fourth-order valence-corrected chi connectivity index (χ4v) is 16.7. The van der Waals surface area contributed by atoms with Gasteiger partial charge in [-0.1, -0.05) is 46.3 Å². The van der Waals surface area contributed by atoms with Crippen molar-refractivity contribution in [1.29, 1.82) is 0 Å². The maximum Gasteiger partial charge on any atom is 0.317 e. The van der Waals surface area contributed by atoms with E-state index in [-0.39, 0.29) is 37.0 Å². The molecule has 26 heteroatoms. The summed E-state index contributed by atoms with van der Waals surface area (Å²) in [6, 6.07) is 0. The first kappa shape index (κ1) is 62.9. The molecule has 4 heterocycles. The zero-order valence-corrected chi connectivity index (χ0v) is 46.9. The lowest BCUT2D eigenvalue weighted by Gasteiger charge is -2.71. The Bertz CT molecular complexity index is 2340. The minimum atomic E-state index is -2.00. The summed E-state index contributed by atoms with van der Waals surface area (Å²) in [6.07, 6.45) is -31.8. The number of carboxylic acids is 1. The molecule has 462 valence electrons. The number of rotatable bonds is 13. The molecule has 9 rings (SSSR count). The smallest absolute Gasteiger partial charge is 0.317 e. The fourth-order valence-electron chi connectivity index (χ4n) is 16.7. The second-order valence-electron chi connectivity index (χ2n) is 26.4. The lowest BCUT2D eigenvalue weighted by atomic mass is 9.33. The summed E-state index contributed by atoms with van der Waals surface area (Å²) >= 11 is 0. The summed E-state index contributed by atoms with van der Waals surface area (Å²) in [5, 5.41) is 155. The van der Waals surface area contributed by atoms with Crippen molar-refractivity contribution in [2.75, 3.05) is 19.8 Å². The number of allylic oxidation sites excluding steroid dienone is 2. The van der Waals surface area contributed by atoms with Crippen LogP contribution in [0.25, 0.3) is 0 Å². The van der Waals surface area contributed by atoms with Crippen molar-refractivity contribution in [3.05, 3.63) is 11.6 Å². The Morgan fingerprint density at radius 3 is 1.75 bits per heavy atom. The first-order chi connectivity index (χ1) is 37.8. The van der Waals surface area contributed by atoms with Gasteiger partial charge in [0.25, 0.3) is 0 Å². The molecule has 0 bridgehead atoms. The van der Waals surface area contributed by atoms with Gasteiger partial charge in [0.1, 0.15) is 84.8 Å². The summed E-state index contributed by atoms with van der Waals surface area (Å²) < 4.78 is 52.5. The number of carbonyl (C=O) groups excluding carboxylic acids is 2. The van der Waals surface area contributed by atoms with Crippen LogP contribution in [0.2, 0.25) is 0 Å². The summed E-state index contributed by atoms with van der Waals surface area (Å²) in [7, 11) is 0. The number of hydrogen-bond acceptors (Lipinski definition) is 25. The predicted octanol–water partition coefficient (Wildman–Crippen LogP) is -2.79. The monoisotopic (exact) mass is 1160 g/mol. The van der Waals surface area contributed by atoms with Gasteiger partial charge in [0.2, 0.25) is 6.29 Å². The zero-order chi connectivity index (χ0) is 59.6. The van der Waals surface area contributed by atoms with E-state index in [1.165, 1.54) is 13.8 Å². The third kappa shape index (κ3) is 10.0. The van der Waals surface area contributed by atoms with Crippen molar-refractivity contribution < 1.29 is 129 Å². The van der Waals surface area contributed by atoms with Gasteiger partial charge < -0.3 is 114 Å². The molecule has 0 amide bonds. The Balaban J connectivity index is 0.983. The minimum Gasteiger partial charge on any atom is -0.481 e. The van der Waals surface area contributed by atoms with Gasteiger partial charge in [-0.05, 0) is 105 Å². The average molecular weight is 1160 g/mol. The SMILES string of the molecule is CC(=O)O[C@@H]1[C@@H](O)[C@@H](O)[C@H](O[C@@H]2[C@@H](OC(=O)[C@]34CCC(C)(C)C[C@H]3C3=CC[C@@H]5[C@@]6(C)C[C@H](O)[C@H](O[C@@H]7O[C@H](CO)[C@@H](O)[C@H](O[C@@H]8O[C@H](CO)[C@@H](O)[C@H](O)[C@H]8O)[C@H]7O)[C@@](C)(C(=O)O)[C@@H]6CC[C@@]5(C)[C@]3(C)C[C@H]4O)O[C@H](CO)[C@H]2O)O[C@H]1C. The summed E-state index contributed by atoms with van der Waals surface area (Å²) in [5.41, 5.74) is -5.42. The Kier molecular flexibility index (Phi) is 17.5. The van der Waals surface area contributed by atoms with Crippen molar-refractivity contribution in [3.63, 3.8) is 0 Å². The van der Waals surface area contributed by atoms with E-state index in [1.54, 1.807) is 0 Å². The first-order valence-electron chi connectivity index (χ1n) is 28.4. The Labute approximate surface area is 468 Å². The van der Waals surface area contributed by atoms with Crippen LogP contribution in [0.3, 0.4) is 0 Å². The van der Waals surface area contributed by atoms with Gasteiger partial charge >= 0.3 is 17.9 Å². The van der Waals surface area contributed by atoms with Gasteiger partial charge in [-0.15, -0.1) is 0 Å². The molecule has 9 aliphatic rings. The maximum atomic E-state index is 15.3. The van der Waals surface area contributed by atoms with Gasteiger partial charge in [-0.3, -0.25) is 14.4 Å². The third-order valence-electron chi connectivity index (χ3n) is 21.4. The number of fused-ring (bicyclic) bond motifs is 7. The number of aliphatic hydroxyl groups is 13. The van der Waals surface area contributed by atoms with E-state index in [0.717, 1.165) is 12.5 Å². The molecule has 0 radical (unpaired) electrons. The van der Waals surface area contributed by atoms with Gasteiger partial charge in [0, 0.05) is 6.92 Å². The Hall–Kier alpha value is -2.65. The van der Waals surface area contributed by atoms with Crippen LogP contribution in [0.15, 0.2) is 11.6 Å². The van der Waals surface area contributed by atoms with Crippen molar-refractivity contribution in [1.82, 2.24) is 0 Å². The third-order valence-corrected chi connectivity index (χ3v) is 21.4. The zero-order valence-electron chi connectivity index (χ0n) is 46.9. The average Bonchev–Trinajstić information content (AvgIpc) is 3.88. The molecule has 4 aliphatic heterocycles. The fraction of sp³-hybridized carbons (Fsp3) is 0.909. The van der Waals surface area contributed by atoms with Crippen LogP contribution in [0.1, 0.15) is 107 Å². The Morgan fingerprint density at radius 2 is 1.15 bits per heavy atom. The molecule has 5 aliphatic carbocycles. The highest BCUT2D eigenvalue weighted by molar-refractivity contribution is 5.80. The molecule has 0 spiro atoms. The molecule has 4 saturated heterocycles. The minimum absolute atomic E-state index is 0.0153. The van der Waals surface area contributed by atoms with Crippen LogP contribution in [0, 0.1) is 50.2 Å². The van der Waals surface area contributed by atoms with E-state index in [2.05, 4.69) is 33.8 Å². The highest BCUT2D eigenvalue weighted by Crippen LogP contribution is 2.76. The molecule has 30 atom stereocenters. The van der Waals surface area contributed by atoms with E-state index in [1.807, 2.05) is 6.92 Å². The highest BCUT2D eigenvalue weighted by Gasteiger charge is 2.74. The second kappa shape index (κ2) is 22.6. The van der Waals surface area contributed by atoms with E-state index in [0.29, 0.717) is 25.7 Å². The van der Waals surface area contributed by atoms with Crippen LogP contribution in [0.5, 0.6) is 0 Å². The quantitative estimate of drug-likeness (QED) is 0.0503. The molecule has 0 aromatic carbocycles. The molecular formula is C55H86O26. The maximum absolute atomic E-state index is 15.3. The number of hydrogen-bond donors (Lipinski definition) is 14. The van der Waals surface area contributed by atoms with E-state index >= 15 is 4.79 Å². The normalized spacial score (nSPS) is 53.2. The van der Waals surface area contributed by atoms with Crippen LogP contribution >= 0.6 is 0 Å². The number of carboxylic acid groups (broad SMARTS) is 1. The molecule has 8 fully saturated rings. The molecule has 14 N–H and O–H groups in total. The van der Waals surface area contributed by atoms with Crippen molar-refractivity contribution in [3.8, 4) is 0 Å². The number of esters is 2. The summed E-state index contributed by atoms with van der Waals surface area (Å²) in [6.45, 7) is 11.9. The summed E-state index contributed by atoms with van der Waals surface area (Å²) in [4.78, 5) is 41.0. The van der Waals surface area contributed by atoms with Crippen molar-refractivity contribution in [2.24, 2.45) is 50.2 Å². The van der Waals surface area contributed by atoms with Gasteiger partial charge in [0.05, 0.1) is 43.5 Å². The molecule has 0 unspecified atom stereocenters. The number of aliphatic hydroxyl groups excluding tert-OH is 13. The molecule has 26 nitrogen and oxygen atoms in total. The number of aliphatic carboxylic acids is 1. The van der Waals surface area contributed by atoms with Crippen molar-refractivity contribution in [2.45, 2.75) is 242 Å². The van der Waals surface area contributed by atoms with Gasteiger partial charge in [-0.25, -0.2) is 0 Å². The Morgan fingerprint density at radius 1 is 0.593 bits per heavy atom. The lowest BCUT2D eigenvalue weighted by Crippen LogP contribution is -2.71. The van der Waals surface area contributed by atoms with Crippen LogP contribution in [-0.2, 0) is 57.0 Å². The standard InChI is InChI=1S/C55H86O26/c1-21-40(74-22(2)59)36(66)38(68)44(73-21)79-42-34(64)28(20-58)77-47(42)81-49(72)55-14-13-50(3,4)15-24(55)23-9-10-29-51(5)16-25(60)43(54(8,48(70)71)30(51)11-12-52(29,6)53(23,7)17-31(55)61)80-46-39(69)41(33(63)27(19-57)76-46)78-45-37(67)35(65)32(62)26(18-56)75-45/h9,21,24-47,56-58,60-69H,10-20H2,1-8H3,(H,70,71)/t21-,24-,25-,26+,27+,28+,29+,30+,31+,32+,33+,34+,35-,36-,37+,38+,39+,40-,41-,42-,43-,44-,45-,46-,47+,51+,52+,53+,54-,55+/m0/s1. The molecular weight excluding hydrogens is 1080 g/mol. The number of carbonyl (C=O) groups is 3. The van der Waals surface area contributed by atoms with Crippen LogP contribution in [-0.4, -0.2) is 244 Å². The molecule has 0 aromatic heterocycles. The second-order valence-corrected chi connectivity index (χ2v) is 26.4. The van der Waals surface area contributed by atoms with Gasteiger partial charge in [-0.2, -0.15) is 0 Å². The highest BCUT2D eigenvalue weighted by atomic mass is 16.8. The largest absolute Gasteiger partial charge is 0.481 e. The van der Waals surface area contributed by atoms with E-state index < -0.39 is 212 Å². The van der Waals surface area contributed by atoms with Crippen molar-refractivity contribution >= 4 is 17.9 Å². The number of ether oxygens (including phenoxy) is 9. The van der Waals surface area contributed by atoms with E-state index in [4.69, 9.17) is 42.6 Å². The topological polar surface area (TPSA) is 418 Å². The summed E-state index contributed by atoms with van der Waals surface area (Å²) in [5.74, 6) is -4.60. The molecule has 4 saturated carbocycles. The van der Waals surface area contributed by atoms with E-state index in [9.17, 15) is 81.1 Å². The van der Waals surface area contributed by atoms with Crippen LogP contribution in [0.4, 0.5) is 0 Å². The van der Waals surface area contributed by atoms with Crippen LogP contribution < -0.4 is 0 Å². The molecule has 81 heavy (non-hydrogen) atoms. The van der Waals surface area contributed by atoms with Gasteiger partial charge in [0.15, 0.2) is 31.1 Å². The predicted molar refractivity (Wildman–Crippen MR) is 270 cm³/mol. The molecule has 0 aromatic rings.